The molecule has 19 heavy (non-hydrogen) atoms. The lowest BCUT2D eigenvalue weighted by atomic mass is 10.0. The summed E-state index contributed by atoms with van der Waals surface area (Å²) in [4.78, 5) is 11.4. The minimum absolute atomic E-state index is 0.0213. The number of carbonyl (C=O) groups is 1. The van der Waals surface area contributed by atoms with Gasteiger partial charge in [0.05, 0.1) is 6.10 Å². The summed E-state index contributed by atoms with van der Waals surface area (Å²) >= 11 is 0. The van der Waals surface area contributed by atoms with Gasteiger partial charge in [-0.15, -0.1) is 0 Å². The third kappa shape index (κ3) is 6.72. The zero-order valence-corrected chi connectivity index (χ0v) is 13.5. The van der Waals surface area contributed by atoms with E-state index in [2.05, 4.69) is 32.9 Å². The van der Waals surface area contributed by atoms with Gasteiger partial charge < -0.3 is 4.74 Å². The van der Waals surface area contributed by atoms with Gasteiger partial charge >= 0.3 is 0 Å². The first-order valence-corrected chi connectivity index (χ1v) is 7.55. The molecule has 2 atom stereocenters. The molecule has 2 unspecified atom stereocenters. The van der Waals surface area contributed by atoms with E-state index in [-0.39, 0.29) is 18.0 Å². The predicted octanol–water partition coefficient (Wildman–Crippen LogP) is 4.84. The van der Waals surface area contributed by atoms with E-state index in [1.807, 2.05) is 20.8 Å². The van der Waals surface area contributed by atoms with Gasteiger partial charge in [-0.2, -0.15) is 0 Å². The molecule has 0 aromatic heterocycles. The molecule has 2 heteroatoms. The molecular formula is C17H30O2. The van der Waals surface area contributed by atoms with Crippen LogP contribution in [0.3, 0.4) is 0 Å². The quantitative estimate of drug-likeness (QED) is 0.665. The number of allylic oxidation sites excluding steroid dienone is 3. The van der Waals surface area contributed by atoms with E-state index >= 15 is 0 Å². The Morgan fingerprint density at radius 3 is 2.42 bits per heavy atom. The van der Waals surface area contributed by atoms with Crippen molar-refractivity contribution in [2.45, 2.75) is 79.4 Å². The normalized spacial score (nSPS) is 24.2. The predicted molar refractivity (Wildman–Crippen MR) is 82.3 cm³/mol. The van der Waals surface area contributed by atoms with Crippen molar-refractivity contribution in [3.63, 3.8) is 0 Å². The van der Waals surface area contributed by atoms with Crippen LogP contribution in [0.2, 0.25) is 0 Å². The molecule has 0 bridgehead atoms. The van der Waals surface area contributed by atoms with E-state index in [1.165, 1.54) is 11.1 Å². The zero-order chi connectivity index (χ0) is 14.8. The Morgan fingerprint density at radius 1 is 1.32 bits per heavy atom. The molecule has 1 heterocycles. The number of rotatable bonds is 5. The Kier molecular flexibility index (Phi) is 9.50. The van der Waals surface area contributed by atoms with Gasteiger partial charge in [-0.1, -0.05) is 38.5 Å². The minimum Gasteiger partial charge on any atom is -0.363 e. The number of hydrogen-bond acceptors (Lipinski definition) is 2. The van der Waals surface area contributed by atoms with Crippen LogP contribution >= 0.6 is 0 Å². The number of ether oxygens (including phenoxy) is 1. The van der Waals surface area contributed by atoms with Gasteiger partial charge in [-0.3, -0.25) is 4.79 Å². The van der Waals surface area contributed by atoms with Gasteiger partial charge in [0.2, 0.25) is 0 Å². The molecule has 0 saturated carbocycles. The van der Waals surface area contributed by atoms with Crippen molar-refractivity contribution in [1.29, 1.82) is 0 Å². The Balaban J connectivity index is 0.00000154. The molecule has 0 aromatic carbocycles. The van der Waals surface area contributed by atoms with Crippen molar-refractivity contribution in [3.8, 4) is 0 Å². The van der Waals surface area contributed by atoms with E-state index in [9.17, 15) is 4.79 Å². The highest BCUT2D eigenvalue weighted by atomic mass is 16.5. The lowest BCUT2D eigenvalue weighted by molar-refractivity contribution is -0.121. The fraction of sp³-hybridized carbons (Fsp3) is 0.706. The Morgan fingerprint density at radius 2 is 1.95 bits per heavy atom. The van der Waals surface area contributed by atoms with Gasteiger partial charge in [0.25, 0.3) is 0 Å². The molecule has 0 amide bonds. The Hall–Kier alpha value is -0.890. The summed E-state index contributed by atoms with van der Waals surface area (Å²) in [6, 6.07) is 0. The number of carbonyl (C=O) groups excluding carboxylic acids is 1. The molecule has 1 aliphatic heterocycles. The lowest BCUT2D eigenvalue weighted by Crippen LogP contribution is -2.10. The second kappa shape index (κ2) is 9.96. The number of Topliss-reactive ketones (excluding diaryl/α,β-unsaturated/α-hetero) is 1. The van der Waals surface area contributed by atoms with Crippen LogP contribution in [0.5, 0.6) is 0 Å². The van der Waals surface area contributed by atoms with Crippen LogP contribution in [0.4, 0.5) is 0 Å². The maximum Gasteiger partial charge on any atom is 0.164 e. The van der Waals surface area contributed by atoms with Crippen LogP contribution < -0.4 is 0 Å². The fourth-order valence-electron chi connectivity index (χ4n) is 2.10. The van der Waals surface area contributed by atoms with E-state index in [4.69, 9.17) is 4.74 Å². The molecule has 1 rings (SSSR count). The van der Waals surface area contributed by atoms with Crippen LogP contribution in [0, 0.1) is 0 Å². The molecule has 0 spiro atoms. The third-order valence-electron chi connectivity index (χ3n) is 3.27. The molecule has 0 radical (unpaired) electrons. The first kappa shape index (κ1) is 18.1. The van der Waals surface area contributed by atoms with E-state index in [0.717, 1.165) is 19.3 Å². The summed E-state index contributed by atoms with van der Waals surface area (Å²) in [5.41, 5.74) is 2.64. The molecule has 0 N–H and O–H groups in total. The molecule has 2 nitrogen and oxygen atoms in total. The van der Waals surface area contributed by atoms with Gasteiger partial charge in [0.15, 0.2) is 5.78 Å². The first-order chi connectivity index (χ1) is 9.04. The van der Waals surface area contributed by atoms with Crippen LogP contribution in [-0.2, 0) is 9.53 Å². The van der Waals surface area contributed by atoms with Gasteiger partial charge in [-0.25, -0.2) is 0 Å². The van der Waals surface area contributed by atoms with Crippen LogP contribution in [0.25, 0.3) is 0 Å². The Labute approximate surface area is 118 Å². The van der Waals surface area contributed by atoms with Crippen molar-refractivity contribution < 1.29 is 9.53 Å². The van der Waals surface area contributed by atoms with Crippen molar-refractivity contribution in [3.05, 3.63) is 23.3 Å². The second-order valence-corrected chi connectivity index (χ2v) is 4.88. The monoisotopic (exact) mass is 266 g/mol. The van der Waals surface area contributed by atoms with Gasteiger partial charge in [0, 0.05) is 6.42 Å². The largest absolute Gasteiger partial charge is 0.363 e. The highest BCUT2D eigenvalue weighted by molar-refractivity contribution is 5.85. The molecule has 1 aliphatic rings. The lowest BCUT2D eigenvalue weighted by Gasteiger charge is -2.10. The van der Waals surface area contributed by atoms with Crippen molar-refractivity contribution in [2.24, 2.45) is 0 Å². The van der Waals surface area contributed by atoms with Gasteiger partial charge in [0.1, 0.15) is 6.10 Å². The summed E-state index contributed by atoms with van der Waals surface area (Å²) < 4.78 is 5.61. The van der Waals surface area contributed by atoms with Crippen LogP contribution in [-0.4, -0.2) is 18.0 Å². The Bertz CT molecular complexity index is 326. The topological polar surface area (TPSA) is 26.3 Å². The molecular weight excluding hydrogens is 236 g/mol. The smallest absolute Gasteiger partial charge is 0.164 e. The molecule has 1 saturated heterocycles. The summed E-state index contributed by atoms with van der Waals surface area (Å²) in [5.74, 6) is 0.227. The van der Waals surface area contributed by atoms with Crippen LogP contribution in [0.15, 0.2) is 23.3 Å². The molecule has 1 fully saturated rings. The average molecular weight is 266 g/mol. The van der Waals surface area contributed by atoms with Gasteiger partial charge in [-0.05, 0) is 45.6 Å². The molecule has 0 aliphatic carbocycles. The first-order valence-electron chi connectivity index (χ1n) is 7.55. The van der Waals surface area contributed by atoms with Crippen molar-refractivity contribution in [2.75, 3.05) is 0 Å². The number of ketones is 1. The zero-order valence-electron chi connectivity index (χ0n) is 13.5. The summed E-state index contributed by atoms with van der Waals surface area (Å²) in [7, 11) is 0. The summed E-state index contributed by atoms with van der Waals surface area (Å²) in [5, 5.41) is 0. The highest BCUT2D eigenvalue weighted by Gasteiger charge is 2.30. The minimum atomic E-state index is -0.218. The number of hydrogen-bond donors (Lipinski definition) is 0. The highest BCUT2D eigenvalue weighted by Crippen LogP contribution is 2.22. The van der Waals surface area contributed by atoms with Crippen LogP contribution in [0.1, 0.15) is 67.2 Å². The molecule has 110 valence electrons. The summed E-state index contributed by atoms with van der Waals surface area (Å²) in [6.07, 6.45) is 8.07. The average Bonchev–Trinajstić information content (AvgIpc) is 2.72. The van der Waals surface area contributed by atoms with Crippen molar-refractivity contribution >= 4 is 5.78 Å². The maximum atomic E-state index is 11.4. The standard InChI is InChI=1S/C15H24O2.C2H6/c1-5-7-11(2)8-6-9-12(3)15-10-14(16)13(4)17-15;1-2/h7,9,13,15H,5-6,8,10H2,1-4H3;1-2H3/b11-7+,12-9+;. The summed E-state index contributed by atoms with van der Waals surface area (Å²) in [6.45, 7) is 12.2. The fourth-order valence-corrected chi connectivity index (χ4v) is 2.10. The maximum absolute atomic E-state index is 11.4. The second-order valence-electron chi connectivity index (χ2n) is 4.88. The third-order valence-corrected chi connectivity index (χ3v) is 3.27. The van der Waals surface area contributed by atoms with E-state index < -0.39 is 0 Å². The van der Waals surface area contributed by atoms with Crippen molar-refractivity contribution in [1.82, 2.24) is 0 Å². The molecule has 0 aromatic rings. The van der Waals surface area contributed by atoms with E-state index in [1.54, 1.807) is 0 Å². The SMILES string of the molecule is CC.CC/C=C(\C)CC/C=C(\C)C1CC(=O)C(C)O1. The van der Waals surface area contributed by atoms with E-state index in [0.29, 0.717) is 6.42 Å².